The third-order valence-electron chi connectivity index (χ3n) is 5.81. The van der Waals surface area contributed by atoms with E-state index in [2.05, 4.69) is 15.3 Å². The van der Waals surface area contributed by atoms with Crippen LogP contribution in [0.25, 0.3) is 0 Å². The second kappa shape index (κ2) is 9.76. The Hall–Kier alpha value is -3.49. The molecule has 4 rings (SSSR count). The van der Waals surface area contributed by atoms with Gasteiger partial charge in [0.2, 0.25) is 5.91 Å². The lowest BCUT2D eigenvalue weighted by Crippen LogP contribution is -2.40. The molecule has 2 aliphatic rings. The van der Waals surface area contributed by atoms with Gasteiger partial charge in [-0.05, 0) is 44.2 Å². The van der Waals surface area contributed by atoms with Crippen molar-refractivity contribution in [1.82, 2.24) is 20.2 Å². The Balaban J connectivity index is 1.18. The van der Waals surface area contributed by atoms with E-state index in [1.54, 1.807) is 36.7 Å². The SMILES string of the molecule is COc1nccnc1OC1CCC(NC(=O)CCCN2C(=O)c3ccccc3C2=O)CC1. The number of ether oxygens (including phenoxy) is 2. The standard InChI is InChI=1S/C23H26N4O5/c1-31-20-21(25-13-12-24-20)32-16-10-8-15(9-11-16)26-19(28)7-4-14-27-22(29)17-5-2-3-6-18(17)23(27)30/h2-3,5-6,12-13,15-16H,4,7-11,14H2,1H3,(H,26,28). The van der Waals surface area contributed by atoms with Crippen molar-refractivity contribution in [3.63, 3.8) is 0 Å². The molecule has 2 heterocycles. The van der Waals surface area contributed by atoms with Gasteiger partial charge in [0.1, 0.15) is 6.10 Å². The van der Waals surface area contributed by atoms with E-state index in [0.29, 0.717) is 29.3 Å². The Morgan fingerprint density at radius 2 is 1.66 bits per heavy atom. The normalized spacial score (nSPS) is 20.1. The van der Waals surface area contributed by atoms with Crippen LogP contribution in [0.5, 0.6) is 11.8 Å². The summed E-state index contributed by atoms with van der Waals surface area (Å²) in [5, 5.41) is 3.06. The molecule has 2 aromatic rings. The topological polar surface area (TPSA) is 111 Å². The van der Waals surface area contributed by atoms with Gasteiger partial charge >= 0.3 is 0 Å². The lowest BCUT2D eigenvalue weighted by Gasteiger charge is -2.29. The van der Waals surface area contributed by atoms with Gasteiger partial charge in [0.25, 0.3) is 23.6 Å². The summed E-state index contributed by atoms with van der Waals surface area (Å²) in [5.74, 6) is 0.103. The fourth-order valence-corrected chi connectivity index (χ4v) is 4.16. The Kier molecular flexibility index (Phi) is 6.63. The van der Waals surface area contributed by atoms with Crippen LogP contribution in [0.1, 0.15) is 59.2 Å². The van der Waals surface area contributed by atoms with Crippen LogP contribution in [0.4, 0.5) is 0 Å². The van der Waals surface area contributed by atoms with Crippen LogP contribution in [0.15, 0.2) is 36.7 Å². The molecular formula is C23H26N4O5. The Morgan fingerprint density at radius 3 is 2.28 bits per heavy atom. The Labute approximate surface area is 186 Å². The number of benzene rings is 1. The molecule has 1 N–H and O–H groups in total. The molecule has 0 atom stereocenters. The molecule has 0 saturated heterocycles. The van der Waals surface area contributed by atoms with E-state index >= 15 is 0 Å². The first-order valence-electron chi connectivity index (χ1n) is 10.8. The molecule has 1 fully saturated rings. The Bertz CT molecular complexity index is 968. The lowest BCUT2D eigenvalue weighted by molar-refractivity contribution is -0.122. The minimum absolute atomic E-state index is 0.00238. The van der Waals surface area contributed by atoms with Gasteiger partial charge in [0, 0.05) is 31.4 Å². The molecule has 1 aromatic heterocycles. The van der Waals surface area contributed by atoms with Gasteiger partial charge in [-0.1, -0.05) is 12.1 Å². The second-order valence-corrected chi connectivity index (χ2v) is 7.94. The van der Waals surface area contributed by atoms with Gasteiger partial charge in [0.05, 0.1) is 18.2 Å². The minimum Gasteiger partial charge on any atom is -0.477 e. The Morgan fingerprint density at radius 1 is 1.03 bits per heavy atom. The van der Waals surface area contributed by atoms with Gasteiger partial charge in [-0.3, -0.25) is 19.3 Å². The summed E-state index contributed by atoms with van der Waals surface area (Å²) in [6, 6.07) is 6.88. The van der Waals surface area contributed by atoms with Crippen molar-refractivity contribution >= 4 is 17.7 Å². The number of aromatic nitrogens is 2. The smallest absolute Gasteiger partial charge is 0.278 e. The van der Waals surface area contributed by atoms with Gasteiger partial charge in [-0.15, -0.1) is 0 Å². The van der Waals surface area contributed by atoms with Gasteiger partial charge < -0.3 is 14.8 Å². The molecule has 1 aliphatic carbocycles. The van der Waals surface area contributed by atoms with Gasteiger partial charge in [0.15, 0.2) is 0 Å². The van der Waals surface area contributed by atoms with E-state index in [1.165, 1.54) is 12.0 Å². The first-order valence-corrected chi connectivity index (χ1v) is 10.8. The molecule has 3 amide bonds. The fraction of sp³-hybridized carbons (Fsp3) is 0.435. The van der Waals surface area contributed by atoms with E-state index in [-0.39, 0.29) is 42.8 Å². The summed E-state index contributed by atoms with van der Waals surface area (Å²) in [6.07, 6.45) is 7.00. The highest BCUT2D eigenvalue weighted by atomic mass is 16.5. The van der Waals surface area contributed by atoms with E-state index < -0.39 is 0 Å². The third-order valence-corrected chi connectivity index (χ3v) is 5.81. The molecule has 0 radical (unpaired) electrons. The van der Waals surface area contributed by atoms with Crippen LogP contribution < -0.4 is 14.8 Å². The number of nitrogens with zero attached hydrogens (tertiary/aromatic N) is 3. The number of carbonyl (C=O) groups excluding carboxylic acids is 3. The van der Waals surface area contributed by atoms with Crippen LogP contribution in [0.3, 0.4) is 0 Å². The van der Waals surface area contributed by atoms with Crippen LogP contribution >= 0.6 is 0 Å². The second-order valence-electron chi connectivity index (χ2n) is 7.94. The molecule has 1 aliphatic heterocycles. The molecular weight excluding hydrogens is 412 g/mol. The lowest BCUT2D eigenvalue weighted by atomic mass is 9.93. The number of nitrogens with one attached hydrogen (secondary N) is 1. The highest BCUT2D eigenvalue weighted by molar-refractivity contribution is 6.21. The van der Waals surface area contributed by atoms with E-state index in [0.717, 1.165) is 25.7 Å². The van der Waals surface area contributed by atoms with Crippen molar-refractivity contribution in [2.24, 2.45) is 0 Å². The highest BCUT2D eigenvalue weighted by Gasteiger charge is 2.34. The molecule has 168 valence electrons. The minimum atomic E-state index is -0.288. The summed E-state index contributed by atoms with van der Waals surface area (Å²) < 4.78 is 11.1. The largest absolute Gasteiger partial charge is 0.477 e. The zero-order chi connectivity index (χ0) is 22.5. The quantitative estimate of drug-likeness (QED) is 0.630. The molecule has 32 heavy (non-hydrogen) atoms. The number of hydrogen-bond acceptors (Lipinski definition) is 7. The van der Waals surface area contributed by atoms with Crippen molar-refractivity contribution < 1.29 is 23.9 Å². The third kappa shape index (κ3) is 4.71. The molecule has 0 spiro atoms. The van der Waals surface area contributed by atoms with Crippen LogP contribution in [0.2, 0.25) is 0 Å². The number of amides is 3. The zero-order valence-corrected chi connectivity index (χ0v) is 18.0. The summed E-state index contributed by atoms with van der Waals surface area (Å²) in [4.78, 5) is 46.6. The molecule has 9 nitrogen and oxygen atoms in total. The van der Waals surface area contributed by atoms with Crippen LogP contribution in [-0.4, -0.2) is 58.4 Å². The van der Waals surface area contributed by atoms with Crippen molar-refractivity contribution in [2.45, 2.75) is 50.7 Å². The first-order chi connectivity index (χ1) is 15.6. The zero-order valence-electron chi connectivity index (χ0n) is 18.0. The predicted molar refractivity (Wildman–Crippen MR) is 114 cm³/mol. The number of methoxy groups -OCH3 is 1. The van der Waals surface area contributed by atoms with E-state index in [4.69, 9.17) is 9.47 Å². The number of rotatable bonds is 8. The van der Waals surface area contributed by atoms with E-state index in [9.17, 15) is 14.4 Å². The molecule has 9 heteroatoms. The maximum Gasteiger partial charge on any atom is 0.278 e. The van der Waals surface area contributed by atoms with Crippen LogP contribution in [-0.2, 0) is 4.79 Å². The highest BCUT2D eigenvalue weighted by Crippen LogP contribution is 2.27. The van der Waals surface area contributed by atoms with Crippen molar-refractivity contribution in [3.8, 4) is 11.8 Å². The summed E-state index contributed by atoms with van der Waals surface area (Å²) in [6.45, 7) is 0.236. The average Bonchev–Trinajstić information content (AvgIpc) is 3.06. The molecule has 1 saturated carbocycles. The molecule has 0 bridgehead atoms. The summed E-state index contributed by atoms with van der Waals surface area (Å²) in [7, 11) is 1.53. The maximum atomic E-state index is 12.4. The van der Waals surface area contributed by atoms with Gasteiger partial charge in [-0.2, -0.15) is 0 Å². The van der Waals surface area contributed by atoms with Gasteiger partial charge in [-0.25, -0.2) is 9.97 Å². The summed E-state index contributed by atoms with van der Waals surface area (Å²) >= 11 is 0. The molecule has 1 aromatic carbocycles. The molecule has 0 unspecified atom stereocenters. The predicted octanol–water partition coefficient (Wildman–Crippen LogP) is 2.37. The maximum absolute atomic E-state index is 12.4. The van der Waals surface area contributed by atoms with Crippen molar-refractivity contribution in [3.05, 3.63) is 47.8 Å². The van der Waals surface area contributed by atoms with Crippen molar-refractivity contribution in [2.75, 3.05) is 13.7 Å². The van der Waals surface area contributed by atoms with E-state index in [1.807, 2.05) is 0 Å². The number of carbonyl (C=O) groups is 3. The van der Waals surface area contributed by atoms with Crippen molar-refractivity contribution in [1.29, 1.82) is 0 Å². The number of hydrogen-bond donors (Lipinski definition) is 1. The number of imide groups is 1. The number of fused-ring (bicyclic) bond motifs is 1. The fourth-order valence-electron chi connectivity index (χ4n) is 4.16. The van der Waals surface area contributed by atoms with Crippen LogP contribution in [0, 0.1) is 0 Å². The average molecular weight is 438 g/mol. The monoisotopic (exact) mass is 438 g/mol. The summed E-state index contributed by atoms with van der Waals surface area (Å²) in [5.41, 5.74) is 0.861. The first kappa shape index (κ1) is 21.7.